The lowest BCUT2D eigenvalue weighted by molar-refractivity contribution is -0.165. The maximum atomic E-state index is 9.77. The molecule has 0 saturated carbocycles. The van der Waals surface area contributed by atoms with Crippen LogP contribution in [-0.4, -0.2) is 68.4 Å². The molecule has 0 unspecified atom stereocenters. The minimum absolute atomic E-state index is 0.363. The average molecular weight is 554 g/mol. The molecular weight excluding hydrogens is 518 g/mol. The highest BCUT2D eigenvalue weighted by Crippen LogP contribution is 2.32. The molecule has 0 fully saturated rings. The topological polar surface area (TPSA) is 152 Å². The molecule has 0 saturated heterocycles. The summed E-state index contributed by atoms with van der Waals surface area (Å²) in [7, 11) is 0. The SMILES string of the molecule is CC(C)(C)CCSc1ccncc1CNc1c(Cl)ccc2c1CCNCC2.O=C(O)[C@H](O)[C@@H](O)C(=O)O. The molecule has 0 bridgehead atoms. The van der Waals surface area contributed by atoms with Crippen molar-refractivity contribution in [1.82, 2.24) is 10.3 Å². The number of aliphatic hydroxyl groups excluding tert-OH is 2. The quantitative estimate of drug-likeness (QED) is 0.255. The number of carboxylic acids is 2. The van der Waals surface area contributed by atoms with Gasteiger partial charge in [0.1, 0.15) is 0 Å². The molecule has 1 aliphatic rings. The van der Waals surface area contributed by atoms with E-state index in [1.54, 1.807) is 0 Å². The molecule has 0 aliphatic carbocycles. The van der Waals surface area contributed by atoms with E-state index in [0.29, 0.717) is 5.41 Å². The van der Waals surface area contributed by atoms with E-state index in [9.17, 15) is 9.59 Å². The summed E-state index contributed by atoms with van der Waals surface area (Å²) in [6.07, 6.45) is 2.59. The van der Waals surface area contributed by atoms with E-state index in [4.69, 9.17) is 32.0 Å². The maximum absolute atomic E-state index is 9.77. The van der Waals surface area contributed by atoms with Gasteiger partial charge in [-0.3, -0.25) is 4.98 Å². The van der Waals surface area contributed by atoms with E-state index in [1.165, 1.54) is 28.0 Å². The number of nitrogens with one attached hydrogen (secondary N) is 2. The Bertz CT molecular complexity index is 1050. The lowest BCUT2D eigenvalue weighted by atomic mass is 9.94. The zero-order valence-electron chi connectivity index (χ0n) is 21.3. The van der Waals surface area contributed by atoms with Crippen molar-refractivity contribution < 1.29 is 30.0 Å². The Morgan fingerprint density at radius 2 is 1.76 bits per heavy atom. The molecule has 204 valence electrons. The van der Waals surface area contributed by atoms with Crippen LogP contribution in [0.15, 0.2) is 35.5 Å². The fraction of sp³-hybridized carbons (Fsp3) is 0.500. The first-order valence-corrected chi connectivity index (χ1v) is 13.4. The minimum atomic E-state index is -2.27. The average Bonchev–Trinajstić information content (AvgIpc) is 3.08. The maximum Gasteiger partial charge on any atom is 0.335 e. The molecule has 2 aromatic rings. The summed E-state index contributed by atoms with van der Waals surface area (Å²) in [5, 5.41) is 40.4. The summed E-state index contributed by atoms with van der Waals surface area (Å²) in [5.41, 5.74) is 5.45. The normalized spacial score (nSPS) is 14.9. The van der Waals surface area contributed by atoms with Crippen molar-refractivity contribution in [3.8, 4) is 0 Å². The minimum Gasteiger partial charge on any atom is -0.479 e. The van der Waals surface area contributed by atoms with Gasteiger partial charge in [-0.05, 0) is 66.8 Å². The van der Waals surface area contributed by atoms with Crippen LogP contribution in [0.1, 0.15) is 43.9 Å². The lowest BCUT2D eigenvalue weighted by Gasteiger charge is -2.19. The number of halogens is 1. The fourth-order valence-electron chi connectivity index (χ4n) is 3.54. The number of anilines is 1. The number of benzene rings is 1. The number of aromatic nitrogens is 1. The Balaban J connectivity index is 0.000000410. The Kier molecular flexibility index (Phi) is 12.1. The largest absolute Gasteiger partial charge is 0.479 e. The lowest BCUT2D eigenvalue weighted by Crippen LogP contribution is -2.39. The Labute approximate surface area is 226 Å². The molecule has 0 spiro atoms. The van der Waals surface area contributed by atoms with Crippen LogP contribution in [0.2, 0.25) is 5.02 Å². The molecule has 2 heterocycles. The number of hydrogen-bond donors (Lipinski definition) is 6. The van der Waals surface area contributed by atoms with Crippen LogP contribution >= 0.6 is 23.4 Å². The van der Waals surface area contributed by atoms with Gasteiger partial charge in [-0.2, -0.15) is 0 Å². The zero-order valence-corrected chi connectivity index (χ0v) is 22.9. The Morgan fingerprint density at radius 3 is 2.38 bits per heavy atom. The number of hydrogen-bond acceptors (Lipinski definition) is 8. The first-order chi connectivity index (χ1) is 17.4. The Morgan fingerprint density at radius 1 is 1.11 bits per heavy atom. The van der Waals surface area contributed by atoms with Gasteiger partial charge in [0.15, 0.2) is 12.2 Å². The molecule has 0 radical (unpaired) electrons. The van der Waals surface area contributed by atoms with Crippen LogP contribution in [-0.2, 0) is 29.0 Å². The van der Waals surface area contributed by atoms with Crippen LogP contribution in [0, 0.1) is 5.41 Å². The third-order valence-corrected chi connectivity index (χ3v) is 7.14. The second-order valence-electron chi connectivity index (χ2n) is 9.87. The van der Waals surface area contributed by atoms with Crippen molar-refractivity contribution in [2.75, 3.05) is 24.2 Å². The van der Waals surface area contributed by atoms with Crippen molar-refractivity contribution in [3.63, 3.8) is 0 Å². The molecule has 1 aromatic carbocycles. The van der Waals surface area contributed by atoms with Gasteiger partial charge >= 0.3 is 11.9 Å². The highest BCUT2D eigenvalue weighted by molar-refractivity contribution is 7.99. The molecular formula is C26H36ClN3O6S. The third kappa shape index (κ3) is 10.1. The van der Waals surface area contributed by atoms with E-state index in [-0.39, 0.29) is 0 Å². The molecule has 2 atom stereocenters. The number of aliphatic hydroxyl groups is 2. The predicted molar refractivity (Wildman–Crippen MR) is 145 cm³/mol. The summed E-state index contributed by atoms with van der Waals surface area (Å²) < 4.78 is 0. The summed E-state index contributed by atoms with van der Waals surface area (Å²) in [5.74, 6) is -2.42. The van der Waals surface area contributed by atoms with Crippen molar-refractivity contribution >= 4 is 41.0 Å². The Hall–Kier alpha value is -2.37. The number of nitrogens with zero attached hydrogens (tertiary/aromatic N) is 1. The number of carboxylic acid groups (broad SMARTS) is 2. The van der Waals surface area contributed by atoms with Gasteiger partial charge < -0.3 is 31.1 Å². The number of thioether (sulfide) groups is 1. The highest BCUT2D eigenvalue weighted by Gasteiger charge is 2.29. The molecule has 1 aliphatic heterocycles. The van der Waals surface area contributed by atoms with Crippen LogP contribution in [0.3, 0.4) is 0 Å². The molecule has 37 heavy (non-hydrogen) atoms. The van der Waals surface area contributed by atoms with E-state index in [2.05, 4.69) is 48.5 Å². The van der Waals surface area contributed by atoms with Crippen molar-refractivity contribution in [3.05, 3.63) is 52.3 Å². The van der Waals surface area contributed by atoms with Gasteiger partial charge in [-0.1, -0.05) is 38.4 Å². The molecule has 0 amide bonds. The highest BCUT2D eigenvalue weighted by atomic mass is 35.5. The van der Waals surface area contributed by atoms with Gasteiger partial charge in [-0.25, -0.2) is 9.59 Å². The number of carbonyl (C=O) groups is 2. The van der Waals surface area contributed by atoms with Crippen molar-refractivity contribution in [2.24, 2.45) is 5.41 Å². The zero-order chi connectivity index (χ0) is 27.6. The standard InChI is InChI=1S/C22H30ClN3S.C4H6O6/c1-22(2,3)9-13-27-20-8-12-25-14-17(20)15-26-21-18-7-11-24-10-6-16(18)4-5-19(21)23;5-1(3(7)8)2(6)4(9)10/h4-5,8,12,14,24,26H,6-7,9-11,13,15H2,1-3H3;1-2,5-6H,(H,7,8)(H,9,10)/t;1-,2-/m.1/s1. The molecule has 9 nitrogen and oxygen atoms in total. The predicted octanol–water partition coefficient (Wildman–Crippen LogP) is 3.44. The van der Waals surface area contributed by atoms with E-state index < -0.39 is 24.1 Å². The molecule has 3 rings (SSSR count). The summed E-state index contributed by atoms with van der Waals surface area (Å²) in [6.45, 7) is 9.66. The van der Waals surface area contributed by atoms with E-state index >= 15 is 0 Å². The molecule has 1 aromatic heterocycles. The molecule has 11 heteroatoms. The van der Waals surface area contributed by atoms with E-state index in [0.717, 1.165) is 48.9 Å². The summed E-state index contributed by atoms with van der Waals surface area (Å²) in [6, 6.07) is 6.32. The van der Waals surface area contributed by atoms with Gasteiger partial charge in [0.25, 0.3) is 0 Å². The summed E-state index contributed by atoms with van der Waals surface area (Å²) in [4.78, 5) is 25.2. The van der Waals surface area contributed by atoms with Gasteiger partial charge in [-0.15, -0.1) is 11.8 Å². The molecule has 6 N–H and O–H groups in total. The van der Waals surface area contributed by atoms with Crippen LogP contribution in [0.25, 0.3) is 0 Å². The summed E-state index contributed by atoms with van der Waals surface area (Å²) >= 11 is 8.47. The van der Waals surface area contributed by atoms with Gasteiger partial charge in [0.2, 0.25) is 0 Å². The first kappa shape index (κ1) is 30.9. The second kappa shape index (κ2) is 14.5. The number of pyridine rings is 1. The smallest absolute Gasteiger partial charge is 0.335 e. The van der Waals surface area contributed by atoms with Crippen LogP contribution in [0.4, 0.5) is 5.69 Å². The first-order valence-electron chi connectivity index (χ1n) is 12.0. The van der Waals surface area contributed by atoms with Gasteiger partial charge in [0, 0.05) is 29.4 Å². The van der Waals surface area contributed by atoms with Crippen LogP contribution in [0.5, 0.6) is 0 Å². The second-order valence-corrected chi connectivity index (χ2v) is 11.4. The number of rotatable bonds is 9. The van der Waals surface area contributed by atoms with Gasteiger partial charge in [0.05, 0.1) is 10.7 Å². The third-order valence-electron chi connectivity index (χ3n) is 5.71. The number of fused-ring (bicyclic) bond motifs is 1. The monoisotopic (exact) mass is 553 g/mol. The fourth-order valence-corrected chi connectivity index (χ4v) is 5.19. The van der Waals surface area contributed by atoms with Crippen molar-refractivity contribution in [1.29, 1.82) is 0 Å². The van der Waals surface area contributed by atoms with Crippen LogP contribution < -0.4 is 10.6 Å². The van der Waals surface area contributed by atoms with E-state index in [1.807, 2.05) is 30.2 Å². The van der Waals surface area contributed by atoms with Crippen molar-refractivity contribution in [2.45, 2.75) is 63.7 Å². The number of aliphatic carboxylic acids is 2.